The first-order valence-corrected chi connectivity index (χ1v) is 15.3. The number of rotatable bonds is 5. The molecular weight excluding hydrogens is 575 g/mol. The Morgan fingerprint density at radius 1 is 0.757 bits per heavy atom. The highest BCUT2D eigenvalue weighted by atomic mass is 79.9. The molecule has 0 radical (unpaired) electrons. The van der Waals surface area contributed by atoms with Crippen LogP contribution < -0.4 is 5.32 Å². The van der Waals surface area contributed by atoms with Gasteiger partial charge in [0.1, 0.15) is 0 Å². The van der Waals surface area contributed by atoms with Crippen molar-refractivity contribution in [3.63, 3.8) is 0 Å². The van der Waals surface area contributed by atoms with Crippen LogP contribution in [0.25, 0.3) is 0 Å². The molecule has 0 spiro atoms. The molecule has 11 heteroatoms. The van der Waals surface area contributed by atoms with Gasteiger partial charge in [-0.05, 0) is 55.4 Å². The first-order chi connectivity index (χ1) is 18.0. The second kappa shape index (κ2) is 14.4. The maximum Gasteiger partial charge on any atom is 0.222 e. The Morgan fingerprint density at radius 3 is 1.54 bits per heavy atom. The van der Waals surface area contributed by atoms with Gasteiger partial charge in [0.2, 0.25) is 10.6 Å². The number of fused-ring (bicyclic) bond motifs is 4. The Morgan fingerprint density at radius 2 is 1.14 bits per heavy atom. The van der Waals surface area contributed by atoms with Gasteiger partial charge in [-0.3, -0.25) is 9.80 Å². The molecule has 4 bridgehead atoms. The molecule has 4 atom stereocenters. The van der Waals surface area contributed by atoms with Crippen LogP contribution in [-0.4, -0.2) is 96.9 Å². The third kappa shape index (κ3) is 8.03. The Bertz CT molecular complexity index is 921. The quantitative estimate of drug-likeness (QED) is 0.396. The molecule has 6 heterocycles. The zero-order valence-corrected chi connectivity index (χ0v) is 25.0. The predicted octanol–water partition coefficient (Wildman–Crippen LogP) is 4.27. The number of piperazine rings is 2. The van der Waals surface area contributed by atoms with Crippen molar-refractivity contribution >= 4 is 39.1 Å². The van der Waals surface area contributed by atoms with Crippen LogP contribution in [0.3, 0.4) is 0 Å². The van der Waals surface area contributed by atoms with E-state index < -0.39 is 0 Å². The lowest BCUT2D eigenvalue weighted by atomic mass is 10.1. The first-order valence-electron chi connectivity index (χ1n) is 13.4. The lowest BCUT2D eigenvalue weighted by Gasteiger charge is -2.40. The van der Waals surface area contributed by atoms with Crippen LogP contribution in [0.15, 0.2) is 24.8 Å². The lowest BCUT2D eigenvalue weighted by Crippen LogP contribution is -2.52. The van der Waals surface area contributed by atoms with Crippen LogP contribution >= 0.6 is 39.1 Å². The van der Waals surface area contributed by atoms with E-state index in [1.54, 1.807) is 0 Å². The van der Waals surface area contributed by atoms with Crippen molar-refractivity contribution in [1.29, 1.82) is 0 Å². The maximum atomic E-state index is 5.72. The fourth-order valence-corrected chi connectivity index (χ4v) is 6.18. The van der Waals surface area contributed by atoms with E-state index in [0.29, 0.717) is 34.7 Å². The van der Waals surface area contributed by atoms with Gasteiger partial charge in [0.15, 0.2) is 0 Å². The van der Waals surface area contributed by atoms with Crippen LogP contribution in [0.4, 0.5) is 0 Å². The van der Waals surface area contributed by atoms with Gasteiger partial charge in [-0.25, -0.2) is 19.9 Å². The summed E-state index contributed by atoms with van der Waals surface area (Å²) >= 11 is 14.5. The second-order valence-electron chi connectivity index (χ2n) is 10.1. The summed E-state index contributed by atoms with van der Waals surface area (Å²) in [5.74, 6) is 0. The number of nitrogens with zero attached hydrogens (tertiary/aromatic N) is 7. The van der Waals surface area contributed by atoms with Crippen LogP contribution in [0.5, 0.6) is 0 Å². The van der Waals surface area contributed by atoms with Gasteiger partial charge in [0.05, 0.1) is 0 Å². The summed E-state index contributed by atoms with van der Waals surface area (Å²) in [7, 11) is 0. The summed E-state index contributed by atoms with van der Waals surface area (Å²) in [6.45, 7) is 12.0. The van der Waals surface area contributed by atoms with Gasteiger partial charge in [-0.1, -0.05) is 29.8 Å². The zero-order valence-electron chi connectivity index (χ0n) is 21.9. The number of aromatic nitrogens is 4. The molecule has 204 valence electrons. The number of hydrogen-bond acceptors (Lipinski definition) is 8. The van der Waals surface area contributed by atoms with E-state index in [2.05, 4.69) is 62.8 Å². The van der Waals surface area contributed by atoms with E-state index in [-0.39, 0.29) is 0 Å². The fraction of sp³-hybridized carbons (Fsp3) is 0.692. The number of likely N-dealkylation sites (tertiary alicyclic amines) is 1. The summed E-state index contributed by atoms with van der Waals surface area (Å²) in [6, 6.07) is 2.79. The first kappa shape index (κ1) is 29.1. The molecule has 4 fully saturated rings. The van der Waals surface area contributed by atoms with E-state index >= 15 is 0 Å². The average molecular weight is 614 g/mol. The summed E-state index contributed by atoms with van der Waals surface area (Å²) in [6.07, 6.45) is 12.6. The minimum atomic E-state index is 0.326. The minimum absolute atomic E-state index is 0.326. The van der Waals surface area contributed by atoms with Crippen LogP contribution in [-0.2, 0) is 13.1 Å². The number of nitrogens with one attached hydrogen (secondary N) is 1. The van der Waals surface area contributed by atoms with Gasteiger partial charge in [0, 0.05) is 105 Å². The van der Waals surface area contributed by atoms with E-state index in [0.717, 1.165) is 37.1 Å². The zero-order chi connectivity index (χ0) is 26.2. The molecule has 0 aromatic carbocycles. The van der Waals surface area contributed by atoms with E-state index in [9.17, 15) is 0 Å². The number of likely N-dealkylation sites (N-methyl/N-ethyl adjacent to an activating group) is 1. The summed E-state index contributed by atoms with van der Waals surface area (Å²) in [5, 5.41) is 5.20. The predicted molar refractivity (Wildman–Crippen MR) is 153 cm³/mol. The topological polar surface area (TPSA) is 73.3 Å². The monoisotopic (exact) mass is 612 g/mol. The molecular formula is C26H39BrCl2N8. The highest BCUT2D eigenvalue weighted by Gasteiger charge is 2.39. The highest BCUT2D eigenvalue weighted by molar-refractivity contribution is 9.09. The minimum Gasteiger partial charge on any atom is -0.314 e. The molecule has 0 amide bonds. The number of alkyl halides is 1. The van der Waals surface area contributed by atoms with E-state index in [1.807, 2.05) is 31.7 Å². The van der Waals surface area contributed by atoms with Crippen molar-refractivity contribution in [2.75, 3.05) is 38.1 Å². The summed E-state index contributed by atoms with van der Waals surface area (Å²) in [5.41, 5.74) is 2.32. The molecule has 37 heavy (non-hydrogen) atoms. The Balaban J connectivity index is 0.000000157. The molecule has 1 N–H and O–H groups in total. The molecule has 4 aliphatic heterocycles. The van der Waals surface area contributed by atoms with Crippen LogP contribution in [0.1, 0.15) is 50.7 Å². The van der Waals surface area contributed by atoms with Crippen molar-refractivity contribution in [2.24, 2.45) is 0 Å². The number of halogens is 3. The lowest BCUT2D eigenvalue weighted by molar-refractivity contribution is 0.0640. The van der Waals surface area contributed by atoms with Crippen molar-refractivity contribution in [3.8, 4) is 0 Å². The second-order valence-corrected chi connectivity index (χ2v) is 11.9. The molecule has 0 aliphatic carbocycles. The fourth-order valence-electron chi connectivity index (χ4n) is 5.98. The van der Waals surface area contributed by atoms with Gasteiger partial charge in [0.25, 0.3) is 0 Å². The van der Waals surface area contributed by atoms with Crippen molar-refractivity contribution < 1.29 is 0 Å². The van der Waals surface area contributed by atoms with Crippen molar-refractivity contribution in [1.82, 2.24) is 40.0 Å². The molecule has 0 saturated carbocycles. The molecule has 2 aromatic heterocycles. The Hall–Kier alpha value is -0.940. The van der Waals surface area contributed by atoms with Crippen LogP contribution in [0.2, 0.25) is 10.6 Å². The highest BCUT2D eigenvalue weighted by Crippen LogP contribution is 2.31. The Labute approximate surface area is 239 Å². The van der Waals surface area contributed by atoms with Gasteiger partial charge >= 0.3 is 0 Å². The molecule has 4 aliphatic rings. The third-order valence-electron chi connectivity index (χ3n) is 7.77. The number of hydrogen-bond donors (Lipinski definition) is 1. The van der Waals surface area contributed by atoms with Crippen molar-refractivity contribution in [3.05, 3.63) is 46.5 Å². The van der Waals surface area contributed by atoms with Gasteiger partial charge in [-0.15, -0.1) is 0 Å². The van der Waals surface area contributed by atoms with Crippen LogP contribution in [0, 0.1) is 0 Å². The average Bonchev–Trinajstić information content (AvgIpc) is 3.25. The molecule has 6 rings (SSSR count). The van der Waals surface area contributed by atoms with Crippen molar-refractivity contribution in [2.45, 2.75) is 76.8 Å². The van der Waals surface area contributed by atoms with E-state index in [1.165, 1.54) is 50.9 Å². The smallest absolute Gasteiger partial charge is 0.222 e. The molecule has 4 saturated heterocycles. The molecule has 4 unspecified atom stereocenters. The largest absolute Gasteiger partial charge is 0.314 e. The standard InChI is InChI=1S/C13H19ClN4.C11H15ClN4.C2H5Br/c1-2-17-8-11-3-4-12(9-17)18(11)7-10-5-15-13(14)16-6-10;12-11-14-3-8(4-15-11)7-16-9-1-2-10(16)6-13-5-9;1-2-3/h5-6,11-12H,2-4,7-9H2,1H3;3-4,9-10,13H,1-2,5-7H2;2H2,1H3. The molecule has 8 nitrogen and oxygen atoms in total. The SMILES string of the molecule is CCBr.CCN1CC2CCC(C1)N2Cc1cnc(Cl)nc1.Clc1ncc(CN2C3CCC2CNC3)cn1. The maximum absolute atomic E-state index is 5.72. The summed E-state index contributed by atoms with van der Waals surface area (Å²) < 4.78 is 0. The van der Waals surface area contributed by atoms with Gasteiger partial charge < -0.3 is 10.2 Å². The normalized spacial score (nSPS) is 27.3. The molecule has 2 aromatic rings. The third-order valence-corrected chi connectivity index (χ3v) is 8.16. The van der Waals surface area contributed by atoms with E-state index in [4.69, 9.17) is 23.2 Å². The summed E-state index contributed by atoms with van der Waals surface area (Å²) in [4.78, 5) is 23.9. The van der Waals surface area contributed by atoms with Gasteiger partial charge in [-0.2, -0.15) is 0 Å². The Kier molecular flexibility index (Phi) is 11.3.